The van der Waals surface area contributed by atoms with Gasteiger partial charge < -0.3 is 10.1 Å². The van der Waals surface area contributed by atoms with Crippen molar-refractivity contribution in [1.29, 1.82) is 0 Å². The van der Waals surface area contributed by atoms with Crippen LogP contribution in [0, 0.1) is 0 Å². The van der Waals surface area contributed by atoms with Crippen LogP contribution in [0.2, 0.25) is 5.02 Å². The van der Waals surface area contributed by atoms with Crippen LogP contribution in [0.4, 0.5) is 5.69 Å². The summed E-state index contributed by atoms with van der Waals surface area (Å²) in [5, 5.41) is 8.11. The van der Waals surface area contributed by atoms with E-state index in [1.807, 2.05) is 0 Å². The summed E-state index contributed by atoms with van der Waals surface area (Å²) in [6, 6.07) is 11.5. The van der Waals surface area contributed by atoms with Crippen molar-refractivity contribution in [2.75, 3.05) is 5.32 Å². The van der Waals surface area contributed by atoms with Crippen LogP contribution in [0.1, 0.15) is 17.3 Å². The van der Waals surface area contributed by atoms with Gasteiger partial charge in [-0.25, -0.2) is 18.4 Å². The number of benzene rings is 2. The molecule has 0 unspecified atom stereocenters. The highest BCUT2D eigenvalue weighted by Crippen LogP contribution is 2.15. The first-order valence-electron chi connectivity index (χ1n) is 7.07. The molecule has 0 radical (unpaired) electrons. The van der Waals surface area contributed by atoms with Crippen LogP contribution in [0.15, 0.2) is 53.4 Å². The average molecular weight is 383 g/mol. The molecule has 25 heavy (non-hydrogen) atoms. The Balaban J connectivity index is 2.04. The van der Waals surface area contributed by atoms with E-state index < -0.39 is 28.0 Å². The number of hydrogen-bond donors (Lipinski definition) is 2. The van der Waals surface area contributed by atoms with Crippen molar-refractivity contribution in [2.45, 2.75) is 17.9 Å². The predicted molar refractivity (Wildman–Crippen MR) is 92.8 cm³/mol. The fourth-order valence-corrected chi connectivity index (χ4v) is 2.54. The standard InChI is InChI=1S/C16H15ClN2O5S/c1-10(15(20)19-13-7-5-12(17)6-8-13)24-16(21)11-3-2-4-14(9-11)25(18,22)23/h2-10H,1H3,(H,19,20)(H2,18,22,23)/t10-/m0/s1. The molecule has 9 heteroatoms. The topological polar surface area (TPSA) is 116 Å². The molecule has 3 N–H and O–H groups in total. The third-order valence-electron chi connectivity index (χ3n) is 3.16. The van der Waals surface area contributed by atoms with Crippen LogP contribution in [0.5, 0.6) is 0 Å². The number of hydrogen-bond acceptors (Lipinski definition) is 5. The van der Waals surface area contributed by atoms with Gasteiger partial charge in [-0.05, 0) is 49.4 Å². The van der Waals surface area contributed by atoms with Gasteiger partial charge in [0.1, 0.15) is 0 Å². The van der Waals surface area contributed by atoms with Crippen molar-refractivity contribution in [3.05, 3.63) is 59.1 Å². The molecule has 2 aromatic rings. The van der Waals surface area contributed by atoms with Crippen LogP contribution in [0.3, 0.4) is 0 Å². The van der Waals surface area contributed by atoms with E-state index in [0.717, 1.165) is 6.07 Å². The molecule has 7 nitrogen and oxygen atoms in total. The van der Waals surface area contributed by atoms with Crippen LogP contribution in [-0.2, 0) is 19.6 Å². The van der Waals surface area contributed by atoms with Crippen molar-refractivity contribution in [1.82, 2.24) is 0 Å². The lowest BCUT2D eigenvalue weighted by Gasteiger charge is -2.14. The third kappa shape index (κ3) is 5.28. The molecule has 2 rings (SSSR count). The zero-order chi connectivity index (χ0) is 18.6. The van der Waals surface area contributed by atoms with Crippen molar-refractivity contribution in [3.8, 4) is 0 Å². The van der Waals surface area contributed by atoms with Crippen molar-refractivity contribution >= 4 is 39.2 Å². The van der Waals surface area contributed by atoms with E-state index in [-0.39, 0.29) is 10.5 Å². The molecule has 0 spiro atoms. The SMILES string of the molecule is C[C@H](OC(=O)c1cccc(S(N)(=O)=O)c1)C(=O)Nc1ccc(Cl)cc1. The van der Waals surface area contributed by atoms with E-state index in [1.165, 1.54) is 25.1 Å². The molecule has 0 fully saturated rings. The van der Waals surface area contributed by atoms with Gasteiger partial charge >= 0.3 is 5.97 Å². The number of sulfonamides is 1. The third-order valence-corrected chi connectivity index (χ3v) is 4.33. The molecule has 0 heterocycles. The molecule has 0 aliphatic heterocycles. The van der Waals surface area contributed by atoms with Gasteiger partial charge in [-0.1, -0.05) is 17.7 Å². The Hall–Kier alpha value is -2.42. The highest BCUT2D eigenvalue weighted by molar-refractivity contribution is 7.89. The minimum Gasteiger partial charge on any atom is -0.449 e. The quantitative estimate of drug-likeness (QED) is 0.769. The molecular formula is C16H15ClN2O5S. The van der Waals surface area contributed by atoms with Crippen LogP contribution in [0.25, 0.3) is 0 Å². The lowest BCUT2D eigenvalue weighted by atomic mass is 10.2. The Kier molecular flexibility index (Phi) is 5.78. The number of anilines is 1. The van der Waals surface area contributed by atoms with Crippen molar-refractivity contribution < 1.29 is 22.7 Å². The van der Waals surface area contributed by atoms with Crippen LogP contribution in [-0.4, -0.2) is 26.4 Å². The van der Waals surface area contributed by atoms with Gasteiger partial charge in [-0.15, -0.1) is 0 Å². The summed E-state index contributed by atoms with van der Waals surface area (Å²) in [5.74, 6) is -1.39. The van der Waals surface area contributed by atoms with Gasteiger partial charge in [-0.2, -0.15) is 0 Å². The molecule has 1 amide bonds. The predicted octanol–water partition coefficient (Wildman–Crippen LogP) is 2.17. The van der Waals surface area contributed by atoms with E-state index in [1.54, 1.807) is 24.3 Å². The normalized spacial score (nSPS) is 12.3. The van der Waals surface area contributed by atoms with Crippen LogP contribution >= 0.6 is 11.6 Å². The molecule has 1 atom stereocenters. The number of primary sulfonamides is 1. The smallest absolute Gasteiger partial charge is 0.338 e. The fourth-order valence-electron chi connectivity index (χ4n) is 1.86. The number of ether oxygens (including phenoxy) is 1. The van der Waals surface area contributed by atoms with E-state index in [0.29, 0.717) is 10.7 Å². The molecule has 2 aromatic carbocycles. The van der Waals surface area contributed by atoms with E-state index in [2.05, 4.69) is 5.32 Å². The summed E-state index contributed by atoms with van der Waals surface area (Å²) in [5.41, 5.74) is 0.464. The molecule has 0 saturated carbocycles. The minimum atomic E-state index is -3.95. The maximum Gasteiger partial charge on any atom is 0.338 e. The lowest BCUT2D eigenvalue weighted by Crippen LogP contribution is -2.30. The number of carbonyl (C=O) groups excluding carboxylic acids is 2. The van der Waals surface area contributed by atoms with Crippen molar-refractivity contribution in [3.63, 3.8) is 0 Å². The molecule has 0 bridgehead atoms. The molecule has 132 valence electrons. The van der Waals surface area contributed by atoms with Gasteiger partial charge in [-0.3, -0.25) is 4.79 Å². The van der Waals surface area contributed by atoms with E-state index in [4.69, 9.17) is 21.5 Å². The number of rotatable bonds is 5. The second kappa shape index (κ2) is 7.64. The Morgan fingerprint density at radius 2 is 1.80 bits per heavy atom. The number of nitrogens with one attached hydrogen (secondary N) is 1. The van der Waals surface area contributed by atoms with Crippen LogP contribution < -0.4 is 10.5 Å². The first kappa shape index (κ1) is 18.9. The van der Waals surface area contributed by atoms with E-state index >= 15 is 0 Å². The Bertz CT molecular complexity index is 897. The van der Waals surface area contributed by atoms with Gasteiger partial charge in [0.2, 0.25) is 10.0 Å². The summed E-state index contributed by atoms with van der Waals surface area (Å²) in [6.07, 6.45) is -1.10. The summed E-state index contributed by atoms with van der Waals surface area (Å²) in [4.78, 5) is 23.9. The second-order valence-corrected chi connectivity index (χ2v) is 7.11. The first-order chi connectivity index (χ1) is 11.7. The fraction of sp³-hybridized carbons (Fsp3) is 0.125. The molecular weight excluding hydrogens is 368 g/mol. The highest BCUT2D eigenvalue weighted by atomic mass is 35.5. The Morgan fingerprint density at radius 1 is 1.16 bits per heavy atom. The molecule has 0 aliphatic carbocycles. The first-order valence-corrected chi connectivity index (χ1v) is 8.99. The number of nitrogens with two attached hydrogens (primary N) is 1. The zero-order valence-electron chi connectivity index (χ0n) is 13.1. The lowest BCUT2D eigenvalue weighted by molar-refractivity contribution is -0.123. The summed E-state index contributed by atoms with van der Waals surface area (Å²) >= 11 is 5.76. The summed E-state index contributed by atoms with van der Waals surface area (Å²) in [7, 11) is -3.95. The van der Waals surface area contributed by atoms with Gasteiger partial charge in [0, 0.05) is 10.7 Å². The van der Waals surface area contributed by atoms with E-state index in [9.17, 15) is 18.0 Å². The Morgan fingerprint density at radius 3 is 2.40 bits per heavy atom. The molecule has 0 aliphatic rings. The number of esters is 1. The zero-order valence-corrected chi connectivity index (χ0v) is 14.7. The summed E-state index contributed by atoms with van der Waals surface area (Å²) in [6.45, 7) is 1.40. The van der Waals surface area contributed by atoms with Gasteiger partial charge in [0.05, 0.1) is 10.5 Å². The van der Waals surface area contributed by atoms with Crippen molar-refractivity contribution in [2.24, 2.45) is 5.14 Å². The monoisotopic (exact) mass is 382 g/mol. The molecule has 0 aromatic heterocycles. The highest BCUT2D eigenvalue weighted by Gasteiger charge is 2.20. The minimum absolute atomic E-state index is 0.0299. The second-order valence-electron chi connectivity index (χ2n) is 5.12. The maximum atomic E-state index is 12.1. The number of halogens is 1. The maximum absolute atomic E-state index is 12.1. The van der Waals surface area contributed by atoms with Gasteiger partial charge in [0.15, 0.2) is 6.10 Å². The van der Waals surface area contributed by atoms with Gasteiger partial charge in [0.25, 0.3) is 5.91 Å². The number of carbonyl (C=O) groups is 2. The average Bonchev–Trinajstić information content (AvgIpc) is 2.56. The molecule has 0 saturated heterocycles. The Labute approximate surface area is 149 Å². The summed E-state index contributed by atoms with van der Waals surface area (Å²) < 4.78 is 27.7. The largest absolute Gasteiger partial charge is 0.449 e. The number of amides is 1.